The molecule has 0 saturated carbocycles. The topological polar surface area (TPSA) is 61.8 Å². The van der Waals surface area contributed by atoms with Crippen LogP contribution < -0.4 is 15.2 Å². The van der Waals surface area contributed by atoms with Crippen LogP contribution in [0, 0.1) is 0 Å². The van der Waals surface area contributed by atoms with E-state index in [1.165, 1.54) is 5.56 Å². The summed E-state index contributed by atoms with van der Waals surface area (Å²) in [4.78, 5) is 24.8. The molecule has 0 amide bonds. The largest absolute Gasteiger partial charge is 0.459 e. The molecule has 3 aromatic rings. The van der Waals surface area contributed by atoms with Crippen molar-refractivity contribution in [2.75, 3.05) is 13.2 Å². The van der Waals surface area contributed by atoms with Gasteiger partial charge in [0, 0.05) is 21.9 Å². The summed E-state index contributed by atoms with van der Waals surface area (Å²) < 4.78 is 16.9. The summed E-state index contributed by atoms with van der Waals surface area (Å²) in [6, 6.07) is 19.9. The first-order valence-electron chi connectivity index (χ1n) is 12.7. The van der Waals surface area contributed by atoms with E-state index in [9.17, 15) is 9.59 Å². The van der Waals surface area contributed by atoms with Crippen LogP contribution in [0.4, 0.5) is 0 Å². The normalized spacial score (nSPS) is 12.3. The molecule has 190 valence electrons. The summed E-state index contributed by atoms with van der Waals surface area (Å²) in [5, 5.41) is 2.00. The molecule has 0 aromatic heterocycles. The second-order valence-corrected chi connectivity index (χ2v) is 9.02. The summed E-state index contributed by atoms with van der Waals surface area (Å²) in [5.74, 6) is 0.539. The van der Waals surface area contributed by atoms with Crippen molar-refractivity contribution < 1.29 is 23.8 Å². The first kappa shape index (κ1) is 26.0. The maximum Gasteiger partial charge on any atom is 0.338 e. The molecular formula is C32H32O5. The Balaban J connectivity index is 1.78. The molecule has 0 radical (unpaired) electrons. The number of ether oxygens (including phenoxy) is 3. The molecule has 1 aliphatic rings. The Morgan fingerprint density at radius 3 is 2.46 bits per heavy atom. The summed E-state index contributed by atoms with van der Waals surface area (Å²) in [7, 11) is 0. The van der Waals surface area contributed by atoms with Crippen molar-refractivity contribution >= 4 is 23.6 Å². The molecule has 0 spiro atoms. The van der Waals surface area contributed by atoms with Gasteiger partial charge >= 0.3 is 11.9 Å². The van der Waals surface area contributed by atoms with Gasteiger partial charge in [0.15, 0.2) is 0 Å². The van der Waals surface area contributed by atoms with Crippen LogP contribution in [0.3, 0.4) is 0 Å². The lowest BCUT2D eigenvalue weighted by atomic mass is 9.89. The van der Waals surface area contributed by atoms with E-state index >= 15 is 0 Å². The first-order valence-corrected chi connectivity index (χ1v) is 12.7. The van der Waals surface area contributed by atoms with Gasteiger partial charge < -0.3 is 14.2 Å². The Morgan fingerprint density at radius 2 is 1.70 bits per heavy atom. The minimum atomic E-state index is -0.510. The standard InChI is InChI=1S/C32H32O5/c1-5-9-22-13-15-26-28(19-22)37-29-20-23(10-6-2)14-16-27(29)30(26)24-11-7-8-12-25(24)32(34)36-18-17-35-31(33)21(3)4/h7-9,11-16,19-20H,3,5-6,10,17-18H2,1-2,4H3/b22-9+. The van der Waals surface area contributed by atoms with Gasteiger partial charge in [-0.25, -0.2) is 9.59 Å². The van der Waals surface area contributed by atoms with Crippen LogP contribution in [0.2, 0.25) is 0 Å². The van der Waals surface area contributed by atoms with Crippen molar-refractivity contribution in [2.45, 2.75) is 40.0 Å². The highest BCUT2D eigenvalue weighted by Crippen LogP contribution is 2.37. The number of carbonyl (C=O) groups is 2. The molecule has 0 fully saturated rings. The van der Waals surface area contributed by atoms with Crippen molar-refractivity contribution in [3.63, 3.8) is 0 Å². The number of fused-ring (bicyclic) bond motifs is 2. The van der Waals surface area contributed by atoms with Crippen molar-refractivity contribution in [1.29, 1.82) is 0 Å². The zero-order chi connectivity index (χ0) is 26.4. The molecule has 0 N–H and O–H groups in total. The first-order chi connectivity index (χ1) is 17.9. The van der Waals surface area contributed by atoms with Crippen LogP contribution in [-0.2, 0) is 20.7 Å². The molecular weight excluding hydrogens is 464 g/mol. The minimum absolute atomic E-state index is 0.0351. The molecule has 1 aliphatic heterocycles. The fraction of sp³-hybridized carbons (Fsp3) is 0.250. The molecule has 0 unspecified atom stereocenters. The van der Waals surface area contributed by atoms with Crippen molar-refractivity contribution in [1.82, 2.24) is 0 Å². The molecule has 5 nitrogen and oxygen atoms in total. The third-order valence-corrected chi connectivity index (χ3v) is 6.10. The predicted octanol–water partition coefficient (Wildman–Crippen LogP) is 5.46. The van der Waals surface area contributed by atoms with E-state index in [1.807, 2.05) is 30.3 Å². The number of hydrogen-bond acceptors (Lipinski definition) is 5. The molecule has 5 heteroatoms. The maximum atomic E-state index is 13.2. The average Bonchev–Trinajstić information content (AvgIpc) is 2.89. The lowest BCUT2D eigenvalue weighted by Gasteiger charge is -2.23. The number of esters is 2. The van der Waals surface area contributed by atoms with Crippen LogP contribution in [0.25, 0.3) is 11.6 Å². The SMILES string of the molecule is C=C(C)C(=O)OCCOC(=O)c1ccccc1C1=c2cc/c(=C\CC)cc2Oc2cc(CCC)ccc21. The van der Waals surface area contributed by atoms with Gasteiger partial charge in [-0.05, 0) is 60.4 Å². The Labute approximate surface area is 217 Å². The molecule has 37 heavy (non-hydrogen) atoms. The Bertz CT molecular complexity index is 1460. The molecule has 3 aromatic carbocycles. The summed E-state index contributed by atoms with van der Waals surface area (Å²) in [6.45, 7) is 9.29. The number of rotatable bonds is 9. The van der Waals surface area contributed by atoms with E-state index in [0.717, 1.165) is 57.9 Å². The molecule has 0 atom stereocenters. The van der Waals surface area contributed by atoms with Gasteiger partial charge in [0.05, 0.1) is 5.56 Å². The van der Waals surface area contributed by atoms with Gasteiger partial charge in [-0.1, -0.05) is 69.3 Å². The highest BCUT2D eigenvalue weighted by atomic mass is 16.6. The van der Waals surface area contributed by atoms with E-state index in [2.05, 4.69) is 50.8 Å². The number of benzene rings is 3. The average molecular weight is 497 g/mol. The smallest absolute Gasteiger partial charge is 0.338 e. The quantitative estimate of drug-likeness (QED) is 0.175. The second kappa shape index (κ2) is 11.7. The fourth-order valence-corrected chi connectivity index (χ4v) is 4.40. The highest BCUT2D eigenvalue weighted by Gasteiger charge is 2.24. The van der Waals surface area contributed by atoms with Crippen molar-refractivity contribution in [2.24, 2.45) is 0 Å². The molecule has 1 heterocycles. The third-order valence-electron chi connectivity index (χ3n) is 6.10. The number of aryl methyl sites for hydroxylation is 1. The van der Waals surface area contributed by atoms with Gasteiger partial charge in [0.25, 0.3) is 0 Å². The van der Waals surface area contributed by atoms with Crippen LogP contribution >= 0.6 is 0 Å². The van der Waals surface area contributed by atoms with Gasteiger partial charge in [0.2, 0.25) is 0 Å². The zero-order valence-electron chi connectivity index (χ0n) is 21.6. The van der Waals surface area contributed by atoms with Crippen molar-refractivity contribution in [3.05, 3.63) is 106 Å². The van der Waals surface area contributed by atoms with E-state index < -0.39 is 11.9 Å². The third kappa shape index (κ3) is 5.83. The van der Waals surface area contributed by atoms with Gasteiger partial charge in [-0.3, -0.25) is 0 Å². The molecule has 0 bridgehead atoms. The molecule has 4 rings (SSSR count). The molecule has 0 saturated heterocycles. The Morgan fingerprint density at radius 1 is 0.919 bits per heavy atom. The van der Waals surface area contributed by atoms with Gasteiger partial charge in [-0.15, -0.1) is 0 Å². The van der Waals surface area contributed by atoms with Crippen LogP contribution in [0.1, 0.15) is 60.7 Å². The Hall–Kier alpha value is -4.12. The summed E-state index contributed by atoms with van der Waals surface area (Å²) in [5.41, 5.74) is 4.54. The van der Waals surface area contributed by atoms with Gasteiger partial charge in [0.1, 0.15) is 24.7 Å². The van der Waals surface area contributed by atoms with E-state index in [-0.39, 0.29) is 13.2 Å². The lowest BCUT2D eigenvalue weighted by molar-refractivity contribution is -0.140. The van der Waals surface area contributed by atoms with Crippen molar-refractivity contribution in [3.8, 4) is 11.5 Å². The predicted molar refractivity (Wildman–Crippen MR) is 145 cm³/mol. The second-order valence-electron chi connectivity index (χ2n) is 9.02. The van der Waals surface area contributed by atoms with E-state index in [0.29, 0.717) is 11.1 Å². The van der Waals surface area contributed by atoms with Crippen LogP contribution in [0.5, 0.6) is 11.5 Å². The van der Waals surface area contributed by atoms with Crippen LogP contribution in [-0.4, -0.2) is 25.2 Å². The number of hydrogen-bond donors (Lipinski definition) is 0. The zero-order valence-corrected chi connectivity index (χ0v) is 21.6. The monoisotopic (exact) mass is 496 g/mol. The lowest BCUT2D eigenvalue weighted by Crippen LogP contribution is -2.21. The minimum Gasteiger partial charge on any atom is -0.459 e. The highest BCUT2D eigenvalue weighted by molar-refractivity contribution is 5.99. The maximum absolute atomic E-state index is 13.2. The summed E-state index contributed by atoms with van der Waals surface area (Å²) in [6.07, 6.45) is 5.07. The Kier molecular flexibility index (Phi) is 8.24. The fourth-order valence-electron chi connectivity index (χ4n) is 4.40. The van der Waals surface area contributed by atoms with E-state index in [1.54, 1.807) is 13.0 Å². The molecule has 0 aliphatic carbocycles. The summed E-state index contributed by atoms with van der Waals surface area (Å²) >= 11 is 0. The number of carbonyl (C=O) groups excluding carboxylic acids is 2. The van der Waals surface area contributed by atoms with E-state index in [4.69, 9.17) is 14.2 Å². The van der Waals surface area contributed by atoms with Gasteiger partial charge in [-0.2, -0.15) is 0 Å². The van der Waals surface area contributed by atoms with Crippen LogP contribution in [0.15, 0.2) is 72.8 Å².